The van der Waals surface area contributed by atoms with Crippen LogP contribution in [0.2, 0.25) is 0 Å². The molecule has 0 saturated carbocycles. The van der Waals surface area contributed by atoms with E-state index < -0.39 is 12.6 Å². The summed E-state index contributed by atoms with van der Waals surface area (Å²) in [5.74, 6) is 0.270. The fourth-order valence-corrected chi connectivity index (χ4v) is 1.53. The Morgan fingerprint density at radius 3 is 2.29 bits per heavy atom. The average molecular weight is 200 g/mol. The Labute approximate surface area is 85.2 Å². The Balaban J connectivity index is 2.88. The highest BCUT2D eigenvalue weighted by Gasteiger charge is 2.27. The number of aliphatic hydroxyl groups is 2. The van der Waals surface area contributed by atoms with Gasteiger partial charge in [-0.15, -0.1) is 0 Å². The lowest BCUT2D eigenvalue weighted by molar-refractivity contribution is -0.0575. The van der Waals surface area contributed by atoms with Crippen LogP contribution in [0.25, 0.3) is 0 Å². The first kappa shape index (κ1) is 11.5. The fourth-order valence-electron chi connectivity index (χ4n) is 1.53. The van der Waals surface area contributed by atoms with Gasteiger partial charge in [0.05, 0.1) is 0 Å². The third kappa shape index (κ3) is 2.26. The van der Waals surface area contributed by atoms with E-state index in [4.69, 9.17) is 0 Å². The smallest absolute Gasteiger partial charge is 0.186 e. The molecule has 1 rings (SSSR count). The van der Waals surface area contributed by atoms with Gasteiger partial charge in [0.1, 0.15) is 6.23 Å². The molecule has 0 amide bonds. The van der Waals surface area contributed by atoms with Crippen LogP contribution in [-0.2, 0) is 0 Å². The second kappa shape index (κ2) is 4.29. The summed E-state index contributed by atoms with van der Waals surface area (Å²) < 4.78 is 0. The van der Waals surface area contributed by atoms with Crippen molar-refractivity contribution in [2.75, 3.05) is 0 Å². The molecule has 0 aliphatic carbocycles. The minimum atomic E-state index is -0.799. The maximum Gasteiger partial charge on any atom is 0.186 e. The van der Waals surface area contributed by atoms with Gasteiger partial charge < -0.3 is 15.1 Å². The topological polar surface area (TPSA) is 55.7 Å². The Bertz CT molecular complexity index is 226. The number of hydrogen-bond acceptors (Lipinski definition) is 4. The van der Waals surface area contributed by atoms with Gasteiger partial charge in [-0.2, -0.15) is 0 Å². The lowest BCUT2D eigenvalue weighted by Gasteiger charge is -2.39. The molecule has 0 bridgehead atoms. The van der Waals surface area contributed by atoms with E-state index in [2.05, 4.69) is 5.32 Å². The van der Waals surface area contributed by atoms with Crippen molar-refractivity contribution in [1.82, 2.24) is 10.2 Å². The van der Waals surface area contributed by atoms with Crippen LogP contribution < -0.4 is 5.32 Å². The zero-order valence-electron chi connectivity index (χ0n) is 9.23. The molecule has 1 aliphatic heterocycles. The molecule has 0 fully saturated rings. The van der Waals surface area contributed by atoms with Gasteiger partial charge in [0.15, 0.2) is 6.35 Å². The molecule has 4 heteroatoms. The van der Waals surface area contributed by atoms with Gasteiger partial charge in [0.2, 0.25) is 0 Å². The van der Waals surface area contributed by atoms with Crippen molar-refractivity contribution in [3.05, 3.63) is 11.8 Å². The largest absolute Gasteiger partial charge is 0.374 e. The minimum Gasteiger partial charge on any atom is -0.374 e. The second-order valence-electron chi connectivity index (χ2n) is 4.27. The van der Waals surface area contributed by atoms with Crippen molar-refractivity contribution in [2.45, 2.75) is 46.3 Å². The highest BCUT2D eigenvalue weighted by Crippen LogP contribution is 2.20. The first-order valence-corrected chi connectivity index (χ1v) is 5.04. The first-order valence-electron chi connectivity index (χ1n) is 5.04. The van der Waals surface area contributed by atoms with Gasteiger partial charge in [0.25, 0.3) is 0 Å². The van der Waals surface area contributed by atoms with Gasteiger partial charge in [-0.1, -0.05) is 13.8 Å². The van der Waals surface area contributed by atoms with Gasteiger partial charge in [-0.3, -0.25) is 0 Å². The van der Waals surface area contributed by atoms with Crippen molar-refractivity contribution in [3.63, 3.8) is 0 Å². The fraction of sp³-hybridized carbons (Fsp3) is 0.800. The van der Waals surface area contributed by atoms with E-state index in [1.807, 2.05) is 33.9 Å². The molecule has 0 radical (unpaired) electrons. The summed E-state index contributed by atoms with van der Waals surface area (Å²) in [7, 11) is 0. The highest BCUT2D eigenvalue weighted by molar-refractivity contribution is 5.12. The van der Waals surface area contributed by atoms with Crippen molar-refractivity contribution < 1.29 is 10.2 Å². The van der Waals surface area contributed by atoms with Crippen molar-refractivity contribution in [2.24, 2.45) is 5.92 Å². The first-order chi connectivity index (χ1) is 6.43. The summed E-state index contributed by atoms with van der Waals surface area (Å²) in [5.41, 5.74) is 0.906. The molecular formula is C10H20N2O2. The Morgan fingerprint density at radius 2 is 1.86 bits per heavy atom. The van der Waals surface area contributed by atoms with Crippen molar-refractivity contribution in [3.8, 4) is 0 Å². The van der Waals surface area contributed by atoms with E-state index in [0.29, 0.717) is 0 Å². The van der Waals surface area contributed by atoms with Gasteiger partial charge in [-0.25, -0.2) is 5.32 Å². The summed E-state index contributed by atoms with van der Waals surface area (Å²) in [5, 5.41) is 22.0. The zero-order valence-corrected chi connectivity index (χ0v) is 9.23. The predicted molar refractivity (Wildman–Crippen MR) is 55.0 cm³/mol. The van der Waals surface area contributed by atoms with Crippen LogP contribution in [0.15, 0.2) is 11.8 Å². The molecule has 82 valence electrons. The van der Waals surface area contributed by atoms with Gasteiger partial charge >= 0.3 is 0 Å². The molecule has 1 heterocycles. The summed E-state index contributed by atoms with van der Waals surface area (Å²) >= 11 is 0. The maximum atomic E-state index is 9.64. The molecule has 0 aromatic carbocycles. The van der Waals surface area contributed by atoms with Gasteiger partial charge in [-0.05, 0) is 25.3 Å². The van der Waals surface area contributed by atoms with Crippen LogP contribution >= 0.6 is 0 Å². The van der Waals surface area contributed by atoms with E-state index in [-0.39, 0.29) is 12.0 Å². The maximum absolute atomic E-state index is 9.64. The number of nitrogens with one attached hydrogen (secondary N) is 1. The molecular weight excluding hydrogens is 180 g/mol. The summed E-state index contributed by atoms with van der Waals surface area (Å²) in [6, 6.07) is 0.207. The molecule has 2 unspecified atom stereocenters. The van der Waals surface area contributed by atoms with Crippen LogP contribution in [0.1, 0.15) is 27.7 Å². The monoisotopic (exact) mass is 200 g/mol. The molecule has 0 spiro atoms. The standard InChI is InChI=1S/C10H20N2O2/c1-6(2)8-5-12(7(3)4)10(14)11-9(8)13/h5-7,9-11,13-14H,1-4H3. The average Bonchev–Trinajstić information content (AvgIpc) is 2.02. The lowest BCUT2D eigenvalue weighted by atomic mass is 10.0. The Hall–Kier alpha value is -0.580. The number of aliphatic hydroxyl groups excluding tert-OH is 2. The Morgan fingerprint density at radius 1 is 1.29 bits per heavy atom. The predicted octanol–water partition coefficient (Wildman–Crippen LogP) is 0.434. The van der Waals surface area contributed by atoms with E-state index in [1.54, 1.807) is 4.90 Å². The van der Waals surface area contributed by atoms with Crippen molar-refractivity contribution in [1.29, 1.82) is 0 Å². The highest BCUT2D eigenvalue weighted by atomic mass is 16.3. The molecule has 1 aliphatic rings. The summed E-state index contributed by atoms with van der Waals surface area (Å²) in [6.45, 7) is 8.04. The molecule has 0 aromatic rings. The number of nitrogens with zero attached hydrogens (tertiary/aromatic N) is 1. The Kier molecular flexibility index (Phi) is 3.53. The quantitative estimate of drug-likeness (QED) is 0.605. The van der Waals surface area contributed by atoms with E-state index in [9.17, 15) is 10.2 Å². The molecule has 4 nitrogen and oxygen atoms in total. The molecule has 14 heavy (non-hydrogen) atoms. The minimum absolute atomic E-state index is 0.207. The van der Waals surface area contributed by atoms with Crippen LogP contribution in [0.5, 0.6) is 0 Å². The van der Waals surface area contributed by atoms with Gasteiger partial charge in [0, 0.05) is 12.2 Å². The SMILES string of the molecule is CC(C)C1=CN(C(C)C)C(O)NC1O. The summed E-state index contributed by atoms with van der Waals surface area (Å²) in [6.07, 6.45) is 0.314. The third-order valence-corrected chi connectivity index (χ3v) is 2.47. The number of hydrogen-bond donors (Lipinski definition) is 3. The second-order valence-corrected chi connectivity index (χ2v) is 4.27. The van der Waals surface area contributed by atoms with Crippen LogP contribution in [0.3, 0.4) is 0 Å². The molecule has 2 atom stereocenters. The molecule has 3 N–H and O–H groups in total. The van der Waals surface area contributed by atoms with Crippen molar-refractivity contribution >= 4 is 0 Å². The zero-order chi connectivity index (χ0) is 10.9. The lowest BCUT2D eigenvalue weighted by Crippen LogP contribution is -2.55. The number of rotatable bonds is 2. The molecule has 0 aromatic heterocycles. The van der Waals surface area contributed by atoms with Crippen LogP contribution in [0.4, 0.5) is 0 Å². The van der Waals surface area contributed by atoms with Crippen LogP contribution in [-0.4, -0.2) is 33.7 Å². The van der Waals surface area contributed by atoms with E-state index in [1.165, 1.54) is 0 Å². The third-order valence-electron chi connectivity index (χ3n) is 2.47. The van der Waals surface area contributed by atoms with Crippen LogP contribution in [0, 0.1) is 5.92 Å². The summed E-state index contributed by atoms with van der Waals surface area (Å²) in [4.78, 5) is 1.79. The molecule has 0 saturated heterocycles. The normalized spacial score (nSPS) is 28.6. The van der Waals surface area contributed by atoms with E-state index in [0.717, 1.165) is 5.57 Å². The van der Waals surface area contributed by atoms with E-state index >= 15 is 0 Å².